The van der Waals surface area contributed by atoms with Crippen molar-refractivity contribution >= 4 is 17.6 Å². The molecule has 0 bridgehead atoms. The highest BCUT2D eigenvalue weighted by molar-refractivity contribution is 6.17. The number of hydrogen-bond acceptors (Lipinski definition) is 2. The predicted molar refractivity (Wildman–Crippen MR) is 75.1 cm³/mol. The van der Waals surface area contributed by atoms with E-state index < -0.39 is 17.6 Å². The minimum Gasteiger partial charge on any atom is -0.462 e. The SMILES string of the molecule is O=C(OCCCCCCCCCl)c1ccc(F)c(F)c1. The summed E-state index contributed by atoms with van der Waals surface area (Å²) in [6.07, 6.45) is 6.12. The van der Waals surface area contributed by atoms with Crippen molar-refractivity contribution < 1.29 is 18.3 Å². The monoisotopic (exact) mass is 304 g/mol. The Hall–Kier alpha value is -1.16. The molecule has 5 heteroatoms. The number of halogens is 3. The molecule has 0 aliphatic heterocycles. The van der Waals surface area contributed by atoms with Gasteiger partial charge in [0.05, 0.1) is 12.2 Å². The molecule has 1 aromatic rings. The zero-order valence-corrected chi connectivity index (χ0v) is 12.1. The van der Waals surface area contributed by atoms with Gasteiger partial charge in [-0.2, -0.15) is 0 Å². The molecule has 0 atom stereocenters. The van der Waals surface area contributed by atoms with Gasteiger partial charge >= 0.3 is 5.97 Å². The molecule has 0 saturated carbocycles. The second-order valence-electron chi connectivity index (χ2n) is 4.58. The van der Waals surface area contributed by atoms with Crippen LogP contribution in [0.4, 0.5) is 8.78 Å². The van der Waals surface area contributed by atoms with Crippen molar-refractivity contribution in [1.82, 2.24) is 0 Å². The van der Waals surface area contributed by atoms with Crippen molar-refractivity contribution in [3.05, 3.63) is 35.4 Å². The standard InChI is InChI=1S/C15H19ClF2O2/c16-9-5-3-1-2-4-6-10-20-15(19)12-7-8-13(17)14(18)11-12/h7-8,11H,1-6,9-10H2. The van der Waals surface area contributed by atoms with E-state index in [0.29, 0.717) is 12.5 Å². The van der Waals surface area contributed by atoms with E-state index in [-0.39, 0.29) is 5.56 Å². The van der Waals surface area contributed by atoms with Crippen LogP contribution in [0.2, 0.25) is 0 Å². The highest BCUT2D eigenvalue weighted by atomic mass is 35.5. The average molecular weight is 305 g/mol. The summed E-state index contributed by atoms with van der Waals surface area (Å²) in [5.74, 6) is -1.94. The van der Waals surface area contributed by atoms with E-state index in [1.165, 1.54) is 6.07 Å². The maximum Gasteiger partial charge on any atom is 0.338 e. The van der Waals surface area contributed by atoms with Gasteiger partial charge in [-0.15, -0.1) is 11.6 Å². The Morgan fingerprint density at radius 3 is 2.30 bits per heavy atom. The third-order valence-electron chi connectivity index (χ3n) is 2.92. The van der Waals surface area contributed by atoms with Gasteiger partial charge in [-0.3, -0.25) is 0 Å². The number of benzene rings is 1. The molecule has 20 heavy (non-hydrogen) atoms. The van der Waals surface area contributed by atoms with Crippen LogP contribution in [-0.4, -0.2) is 18.5 Å². The Morgan fingerprint density at radius 2 is 1.65 bits per heavy atom. The molecule has 0 saturated heterocycles. The number of esters is 1. The minimum absolute atomic E-state index is 0.0333. The number of hydrogen-bond donors (Lipinski definition) is 0. The Labute approximate surface area is 123 Å². The van der Waals surface area contributed by atoms with E-state index in [4.69, 9.17) is 16.3 Å². The second-order valence-corrected chi connectivity index (χ2v) is 4.95. The van der Waals surface area contributed by atoms with Crippen LogP contribution in [0.1, 0.15) is 48.9 Å². The zero-order chi connectivity index (χ0) is 14.8. The van der Waals surface area contributed by atoms with Crippen LogP contribution in [0.25, 0.3) is 0 Å². The van der Waals surface area contributed by atoms with Crippen molar-refractivity contribution in [2.24, 2.45) is 0 Å². The first-order chi connectivity index (χ1) is 9.65. The fraction of sp³-hybridized carbons (Fsp3) is 0.533. The van der Waals surface area contributed by atoms with E-state index >= 15 is 0 Å². The number of carbonyl (C=O) groups is 1. The topological polar surface area (TPSA) is 26.3 Å². The zero-order valence-electron chi connectivity index (χ0n) is 11.3. The summed E-state index contributed by atoms with van der Waals surface area (Å²) < 4.78 is 30.6. The Morgan fingerprint density at radius 1 is 1.00 bits per heavy atom. The lowest BCUT2D eigenvalue weighted by Gasteiger charge is -2.05. The maximum atomic E-state index is 12.9. The Balaban J connectivity index is 2.15. The molecule has 0 spiro atoms. The van der Waals surface area contributed by atoms with Crippen molar-refractivity contribution in [1.29, 1.82) is 0 Å². The molecule has 2 nitrogen and oxygen atoms in total. The lowest BCUT2D eigenvalue weighted by Crippen LogP contribution is -2.07. The largest absolute Gasteiger partial charge is 0.462 e. The van der Waals surface area contributed by atoms with Gasteiger partial charge in [0.1, 0.15) is 0 Å². The summed E-state index contributed by atoms with van der Waals surface area (Å²) in [6.45, 7) is 0.299. The number of carbonyl (C=O) groups excluding carboxylic acids is 1. The molecule has 0 radical (unpaired) electrons. The van der Waals surface area contributed by atoms with Crippen LogP contribution in [0.15, 0.2) is 18.2 Å². The molecule has 0 fully saturated rings. The molecule has 0 aliphatic carbocycles. The third kappa shape index (κ3) is 6.33. The number of rotatable bonds is 9. The van der Waals surface area contributed by atoms with E-state index in [1.807, 2.05) is 0 Å². The van der Waals surface area contributed by atoms with E-state index in [1.54, 1.807) is 0 Å². The minimum atomic E-state index is -1.04. The molecule has 0 unspecified atom stereocenters. The van der Waals surface area contributed by atoms with Gasteiger partial charge in [0.25, 0.3) is 0 Å². The van der Waals surface area contributed by atoms with Crippen molar-refractivity contribution in [2.45, 2.75) is 38.5 Å². The van der Waals surface area contributed by atoms with Gasteiger partial charge in [0.2, 0.25) is 0 Å². The second kappa shape index (κ2) is 9.70. The van der Waals surface area contributed by atoms with Gasteiger partial charge < -0.3 is 4.74 Å². The van der Waals surface area contributed by atoms with Gasteiger partial charge in [0, 0.05) is 5.88 Å². The first kappa shape index (κ1) is 16.9. The maximum absolute atomic E-state index is 12.9. The number of unbranched alkanes of at least 4 members (excludes halogenated alkanes) is 5. The van der Waals surface area contributed by atoms with E-state index in [0.717, 1.165) is 50.7 Å². The fourth-order valence-corrected chi connectivity index (χ4v) is 1.96. The lowest BCUT2D eigenvalue weighted by atomic mass is 10.1. The van der Waals surface area contributed by atoms with Crippen molar-refractivity contribution in [2.75, 3.05) is 12.5 Å². The fourth-order valence-electron chi connectivity index (χ4n) is 1.77. The molecule has 112 valence electrons. The number of ether oxygens (including phenoxy) is 1. The molecular formula is C15H19ClF2O2. The van der Waals surface area contributed by atoms with Gasteiger partial charge in [-0.1, -0.05) is 25.7 Å². The molecule has 1 rings (SSSR count). The van der Waals surface area contributed by atoms with Gasteiger partial charge in [-0.05, 0) is 31.0 Å². The summed E-state index contributed by atoms with van der Waals surface area (Å²) in [5.41, 5.74) is 0.0333. The summed E-state index contributed by atoms with van der Waals surface area (Å²) >= 11 is 5.57. The summed E-state index contributed by atoms with van der Waals surface area (Å²) in [4.78, 5) is 11.6. The molecule has 0 amide bonds. The predicted octanol–water partition coefficient (Wildman–Crippen LogP) is 4.70. The lowest BCUT2D eigenvalue weighted by molar-refractivity contribution is 0.0497. The van der Waals surface area contributed by atoms with Gasteiger partial charge in [0.15, 0.2) is 11.6 Å². The summed E-state index contributed by atoms with van der Waals surface area (Å²) in [5, 5.41) is 0. The first-order valence-electron chi connectivity index (χ1n) is 6.83. The Bertz CT molecular complexity index is 424. The normalized spacial score (nSPS) is 10.6. The van der Waals surface area contributed by atoms with Crippen LogP contribution < -0.4 is 0 Å². The van der Waals surface area contributed by atoms with Crippen LogP contribution >= 0.6 is 11.6 Å². The van der Waals surface area contributed by atoms with Crippen LogP contribution in [0, 0.1) is 11.6 Å². The average Bonchev–Trinajstić information content (AvgIpc) is 2.44. The molecule has 1 aromatic carbocycles. The summed E-state index contributed by atoms with van der Waals surface area (Å²) in [7, 11) is 0. The van der Waals surface area contributed by atoms with Crippen molar-refractivity contribution in [3.63, 3.8) is 0 Å². The number of alkyl halides is 1. The molecule has 0 N–H and O–H groups in total. The third-order valence-corrected chi connectivity index (χ3v) is 3.18. The highest BCUT2D eigenvalue weighted by Gasteiger charge is 2.10. The summed E-state index contributed by atoms with van der Waals surface area (Å²) in [6, 6.07) is 2.99. The molecular weight excluding hydrogens is 286 g/mol. The molecule has 0 heterocycles. The Kier molecular flexibility index (Phi) is 8.19. The smallest absolute Gasteiger partial charge is 0.338 e. The van der Waals surface area contributed by atoms with Crippen LogP contribution in [0.3, 0.4) is 0 Å². The van der Waals surface area contributed by atoms with Crippen LogP contribution in [-0.2, 0) is 4.74 Å². The van der Waals surface area contributed by atoms with Crippen LogP contribution in [0.5, 0.6) is 0 Å². The quantitative estimate of drug-likeness (QED) is 0.375. The van der Waals surface area contributed by atoms with Crippen molar-refractivity contribution in [3.8, 4) is 0 Å². The highest BCUT2D eigenvalue weighted by Crippen LogP contribution is 2.11. The van der Waals surface area contributed by atoms with E-state index in [2.05, 4.69) is 0 Å². The molecule has 0 aliphatic rings. The van der Waals surface area contributed by atoms with E-state index in [9.17, 15) is 13.6 Å². The van der Waals surface area contributed by atoms with Gasteiger partial charge in [-0.25, -0.2) is 13.6 Å². The first-order valence-corrected chi connectivity index (χ1v) is 7.36. The molecule has 0 aromatic heterocycles.